The molecule has 0 radical (unpaired) electrons. The first-order chi connectivity index (χ1) is 7.06. The van der Waals surface area contributed by atoms with E-state index in [9.17, 15) is 9.59 Å². The highest BCUT2D eigenvalue weighted by Gasteiger charge is 2.07. The van der Waals surface area contributed by atoms with Gasteiger partial charge in [0.1, 0.15) is 8.72 Å². The lowest BCUT2D eigenvalue weighted by Crippen LogP contribution is -2.26. The summed E-state index contributed by atoms with van der Waals surface area (Å²) in [7, 11) is 1.55. The van der Waals surface area contributed by atoms with Gasteiger partial charge in [0, 0.05) is 20.0 Å². The molecule has 1 amide bonds. The van der Waals surface area contributed by atoms with Crippen LogP contribution >= 0.6 is 34.2 Å². The van der Waals surface area contributed by atoms with Gasteiger partial charge in [-0.3, -0.25) is 14.2 Å². The van der Waals surface area contributed by atoms with Crippen LogP contribution in [0.3, 0.4) is 0 Å². The van der Waals surface area contributed by atoms with E-state index in [-0.39, 0.29) is 23.0 Å². The highest BCUT2D eigenvalue weighted by atomic mass is 127. The summed E-state index contributed by atoms with van der Waals surface area (Å²) in [5.74, 6) is -0.119. The van der Waals surface area contributed by atoms with Crippen LogP contribution in [0.25, 0.3) is 0 Å². The molecule has 82 valence electrons. The topological polar surface area (TPSA) is 64.0 Å². The number of nitrogens with zero attached hydrogens (tertiary/aromatic N) is 2. The molecule has 0 fully saturated rings. The van der Waals surface area contributed by atoms with Gasteiger partial charge in [0.05, 0.1) is 6.33 Å². The summed E-state index contributed by atoms with van der Waals surface area (Å²) in [6.07, 6.45) is 1.59. The smallest absolute Gasteiger partial charge is 0.268 e. The van der Waals surface area contributed by atoms with E-state index in [0.717, 1.165) is 0 Å². The van der Waals surface area contributed by atoms with Gasteiger partial charge in [-0.1, -0.05) is 11.6 Å². The zero-order chi connectivity index (χ0) is 11.4. The maximum absolute atomic E-state index is 11.6. The van der Waals surface area contributed by atoms with Gasteiger partial charge in [-0.25, -0.2) is 4.98 Å². The summed E-state index contributed by atoms with van der Waals surface area (Å²) in [6, 6.07) is 0. The molecule has 0 bridgehead atoms. The van der Waals surface area contributed by atoms with E-state index in [2.05, 4.69) is 10.3 Å². The Kier molecular flexibility index (Phi) is 4.52. The van der Waals surface area contributed by atoms with E-state index in [1.165, 1.54) is 10.9 Å². The Morgan fingerprint density at radius 3 is 3.00 bits per heavy atom. The predicted molar refractivity (Wildman–Crippen MR) is 64.9 cm³/mol. The second kappa shape index (κ2) is 5.45. The third-order valence-electron chi connectivity index (χ3n) is 1.80. The number of hydrogen-bond donors (Lipinski definition) is 1. The summed E-state index contributed by atoms with van der Waals surface area (Å²) in [5, 5.41) is 2.67. The number of carbonyl (C=O) groups excluding carboxylic acids is 1. The number of halogens is 2. The predicted octanol–water partition coefficient (Wildman–Crippen LogP) is 0.637. The molecule has 0 spiro atoms. The molecule has 1 rings (SSSR count). The van der Waals surface area contributed by atoms with E-state index >= 15 is 0 Å². The number of aromatic nitrogens is 2. The average Bonchev–Trinajstić information content (AvgIpc) is 2.24. The van der Waals surface area contributed by atoms with E-state index in [0.29, 0.717) is 10.1 Å². The summed E-state index contributed by atoms with van der Waals surface area (Å²) < 4.78 is 1.73. The number of aryl methyl sites for hydroxylation is 1. The van der Waals surface area contributed by atoms with Crippen LogP contribution in [0.2, 0.25) is 5.15 Å². The fourth-order valence-corrected chi connectivity index (χ4v) is 1.52. The van der Waals surface area contributed by atoms with Crippen LogP contribution in [-0.2, 0) is 11.3 Å². The van der Waals surface area contributed by atoms with Crippen molar-refractivity contribution in [1.29, 1.82) is 0 Å². The molecule has 0 aliphatic carbocycles. The van der Waals surface area contributed by atoms with Crippen molar-refractivity contribution in [3.8, 4) is 0 Å². The summed E-state index contributed by atoms with van der Waals surface area (Å²) in [5.41, 5.74) is -0.223. The first-order valence-corrected chi connectivity index (χ1v) is 5.63. The monoisotopic (exact) mass is 341 g/mol. The lowest BCUT2D eigenvalue weighted by atomic mass is 10.4. The highest BCUT2D eigenvalue weighted by Crippen LogP contribution is 2.09. The molecule has 0 atom stereocenters. The molecular formula is C8H9ClIN3O2. The molecular weight excluding hydrogens is 332 g/mol. The first-order valence-electron chi connectivity index (χ1n) is 4.17. The van der Waals surface area contributed by atoms with E-state index < -0.39 is 0 Å². The van der Waals surface area contributed by atoms with Crippen molar-refractivity contribution in [3.05, 3.63) is 25.4 Å². The Labute approximate surface area is 105 Å². The van der Waals surface area contributed by atoms with Gasteiger partial charge in [-0.15, -0.1) is 0 Å². The van der Waals surface area contributed by atoms with Crippen LogP contribution in [0.4, 0.5) is 0 Å². The second-order valence-electron chi connectivity index (χ2n) is 2.77. The Hall–Kier alpha value is -0.630. The zero-order valence-corrected chi connectivity index (χ0v) is 10.9. The fourth-order valence-electron chi connectivity index (χ4n) is 0.950. The number of nitrogens with one attached hydrogen (secondary N) is 1. The summed E-state index contributed by atoms with van der Waals surface area (Å²) in [6.45, 7) is 0.304. The quantitative estimate of drug-likeness (QED) is 0.648. The van der Waals surface area contributed by atoms with E-state index in [4.69, 9.17) is 11.6 Å². The SMILES string of the molecule is CNC(=O)CCn1cnc(Cl)c(I)c1=O. The van der Waals surface area contributed by atoms with Crippen LogP contribution in [0.15, 0.2) is 11.1 Å². The van der Waals surface area contributed by atoms with Gasteiger partial charge in [0.2, 0.25) is 5.91 Å². The Morgan fingerprint density at radius 1 is 1.73 bits per heavy atom. The molecule has 7 heteroatoms. The van der Waals surface area contributed by atoms with Crippen LogP contribution in [0.5, 0.6) is 0 Å². The Bertz CT molecular complexity index is 432. The second-order valence-corrected chi connectivity index (χ2v) is 4.21. The Morgan fingerprint density at radius 2 is 2.40 bits per heavy atom. The number of hydrogen-bond acceptors (Lipinski definition) is 3. The standard InChI is InChI=1S/C8H9ClIN3O2/c1-11-5(14)2-3-13-4-12-7(9)6(10)8(13)15/h4H,2-3H2,1H3,(H,11,14). The first kappa shape index (κ1) is 12.4. The third kappa shape index (κ3) is 3.16. The number of rotatable bonds is 3. The molecule has 1 aromatic heterocycles. The zero-order valence-electron chi connectivity index (χ0n) is 7.96. The molecule has 5 nitrogen and oxygen atoms in total. The minimum atomic E-state index is -0.223. The molecule has 0 saturated heterocycles. The van der Waals surface area contributed by atoms with Crippen molar-refractivity contribution in [2.75, 3.05) is 7.05 Å². The summed E-state index contributed by atoms with van der Waals surface area (Å²) >= 11 is 7.50. The molecule has 0 aliphatic rings. The molecule has 0 saturated carbocycles. The van der Waals surface area contributed by atoms with Gasteiger partial charge in [0.25, 0.3) is 5.56 Å². The minimum Gasteiger partial charge on any atom is -0.359 e. The fraction of sp³-hybridized carbons (Fsp3) is 0.375. The van der Waals surface area contributed by atoms with Crippen LogP contribution in [0, 0.1) is 3.57 Å². The lowest BCUT2D eigenvalue weighted by molar-refractivity contribution is -0.120. The lowest BCUT2D eigenvalue weighted by Gasteiger charge is -2.05. The molecule has 0 unspecified atom stereocenters. The minimum absolute atomic E-state index is 0.119. The van der Waals surface area contributed by atoms with Gasteiger partial charge in [-0.2, -0.15) is 0 Å². The number of carbonyl (C=O) groups is 1. The molecule has 0 aromatic carbocycles. The number of amides is 1. The van der Waals surface area contributed by atoms with Crippen LogP contribution < -0.4 is 10.9 Å². The molecule has 0 aliphatic heterocycles. The van der Waals surface area contributed by atoms with Crippen molar-refractivity contribution in [2.24, 2.45) is 0 Å². The molecule has 1 N–H and O–H groups in total. The largest absolute Gasteiger partial charge is 0.359 e. The van der Waals surface area contributed by atoms with Crippen molar-refractivity contribution in [2.45, 2.75) is 13.0 Å². The molecule has 15 heavy (non-hydrogen) atoms. The van der Waals surface area contributed by atoms with E-state index in [1.807, 2.05) is 22.6 Å². The normalized spacial score (nSPS) is 10.1. The van der Waals surface area contributed by atoms with Crippen LogP contribution in [0.1, 0.15) is 6.42 Å². The maximum atomic E-state index is 11.6. The maximum Gasteiger partial charge on any atom is 0.268 e. The van der Waals surface area contributed by atoms with Crippen molar-refractivity contribution in [1.82, 2.24) is 14.9 Å². The summed E-state index contributed by atoms with van der Waals surface area (Å²) in [4.78, 5) is 26.4. The van der Waals surface area contributed by atoms with Gasteiger partial charge in [-0.05, 0) is 22.6 Å². The van der Waals surface area contributed by atoms with Crippen molar-refractivity contribution >= 4 is 40.1 Å². The molecule has 1 heterocycles. The average molecular weight is 342 g/mol. The van der Waals surface area contributed by atoms with Gasteiger partial charge >= 0.3 is 0 Å². The third-order valence-corrected chi connectivity index (χ3v) is 3.38. The van der Waals surface area contributed by atoms with Gasteiger partial charge in [0.15, 0.2) is 0 Å². The van der Waals surface area contributed by atoms with Crippen molar-refractivity contribution in [3.63, 3.8) is 0 Å². The highest BCUT2D eigenvalue weighted by molar-refractivity contribution is 14.1. The van der Waals surface area contributed by atoms with Gasteiger partial charge < -0.3 is 5.32 Å². The van der Waals surface area contributed by atoms with Crippen molar-refractivity contribution < 1.29 is 4.79 Å². The molecule has 1 aromatic rings. The van der Waals surface area contributed by atoms with Crippen LogP contribution in [-0.4, -0.2) is 22.5 Å². The Balaban J connectivity index is 2.84. The van der Waals surface area contributed by atoms with E-state index in [1.54, 1.807) is 7.05 Å².